The van der Waals surface area contributed by atoms with Crippen LogP contribution in [0, 0.1) is 0 Å². The van der Waals surface area contributed by atoms with E-state index in [1.54, 1.807) is 0 Å². The monoisotopic (exact) mass is 293 g/mol. The Balaban J connectivity index is 2.89. The van der Waals surface area contributed by atoms with Crippen molar-refractivity contribution in [3.05, 3.63) is 29.8 Å². The number of aliphatic carboxylic acids is 1. The van der Waals surface area contributed by atoms with Crippen LogP contribution in [0.4, 0.5) is 13.2 Å². The lowest BCUT2D eigenvalue weighted by Gasteiger charge is -2.14. The molecule has 1 atom stereocenters. The third-order valence-electron chi connectivity index (χ3n) is 2.04. The highest BCUT2D eigenvalue weighted by atomic mass is 32.2. The summed E-state index contributed by atoms with van der Waals surface area (Å²) in [5, 5.41) is 11.1. The molecule has 0 saturated carbocycles. The zero-order valence-electron chi connectivity index (χ0n) is 9.69. The van der Waals surface area contributed by atoms with E-state index in [1.165, 1.54) is 12.1 Å². The van der Waals surface area contributed by atoms with Gasteiger partial charge in [0.2, 0.25) is 5.91 Å². The number of hydrogen-bond acceptors (Lipinski definition) is 3. The van der Waals surface area contributed by atoms with Crippen LogP contribution in [0.2, 0.25) is 0 Å². The van der Waals surface area contributed by atoms with Gasteiger partial charge in [-0.05, 0) is 29.5 Å². The lowest BCUT2D eigenvalue weighted by molar-refractivity contribution is -0.141. The summed E-state index contributed by atoms with van der Waals surface area (Å²) in [5.41, 5.74) is -4.19. The molecule has 0 saturated heterocycles. The van der Waals surface area contributed by atoms with Crippen LogP contribution in [0.5, 0.6) is 0 Å². The minimum atomic E-state index is -4.40. The molecular formula is C11H10F3NO3S. The number of benzene rings is 1. The Hall–Kier alpha value is -1.70. The number of halogens is 3. The normalized spacial score (nSPS) is 12.8. The Labute approximate surface area is 111 Å². The molecular weight excluding hydrogens is 283 g/mol. The van der Waals surface area contributed by atoms with Crippen LogP contribution in [-0.2, 0) is 9.59 Å². The number of amides is 1. The van der Waals surface area contributed by atoms with Gasteiger partial charge in [0.25, 0.3) is 0 Å². The second-order valence-electron chi connectivity index (χ2n) is 3.59. The first-order chi connectivity index (χ1) is 8.69. The number of carbonyl (C=O) groups is 2. The van der Waals surface area contributed by atoms with Crippen molar-refractivity contribution in [1.82, 2.24) is 5.32 Å². The average molecular weight is 293 g/mol. The molecule has 1 rings (SSSR count). The largest absolute Gasteiger partial charge is 0.479 e. The summed E-state index contributed by atoms with van der Waals surface area (Å²) < 4.78 is 36.3. The molecule has 0 aliphatic carbocycles. The second kappa shape index (κ2) is 5.96. The molecule has 0 bridgehead atoms. The second-order valence-corrected chi connectivity index (χ2v) is 4.73. The van der Waals surface area contributed by atoms with Gasteiger partial charge < -0.3 is 10.4 Å². The molecule has 0 fully saturated rings. The van der Waals surface area contributed by atoms with Crippen molar-refractivity contribution < 1.29 is 27.9 Å². The van der Waals surface area contributed by atoms with E-state index >= 15 is 0 Å². The number of hydrogen-bond donors (Lipinski definition) is 2. The van der Waals surface area contributed by atoms with Crippen LogP contribution in [0.25, 0.3) is 0 Å². The van der Waals surface area contributed by atoms with Gasteiger partial charge in [-0.2, -0.15) is 13.2 Å². The minimum Gasteiger partial charge on any atom is -0.479 e. The first-order valence-corrected chi connectivity index (χ1v) is 5.86. The maximum atomic E-state index is 12.1. The summed E-state index contributed by atoms with van der Waals surface area (Å²) in [7, 11) is 0. The van der Waals surface area contributed by atoms with E-state index in [2.05, 4.69) is 5.32 Å². The molecule has 2 N–H and O–H groups in total. The highest BCUT2D eigenvalue weighted by Gasteiger charge is 2.29. The standard InChI is InChI=1S/C11H10F3NO3S/c1-6(16)15-9(10(17)18)7-2-4-8(5-3-7)19-11(12,13)14/h2-5,9H,1H3,(H,15,16)(H,17,18). The summed E-state index contributed by atoms with van der Waals surface area (Å²) in [6.07, 6.45) is 0. The average Bonchev–Trinajstić information content (AvgIpc) is 2.24. The molecule has 4 nitrogen and oxygen atoms in total. The Bertz CT molecular complexity index is 473. The number of thioether (sulfide) groups is 1. The van der Waals surface area contributed by atoms with Gasteiger partial charge in [-0.1, -0.05) is 12.1 Å². The number of carboxylic acid groups (broad SMARTS) is 1. The first kappa shape index (κ1) is 15.4. The van der Waals surface area contributed by atoms with E-state index < -0.39 is 23.4 Å². The zero-order valence-corrected chi connectivity index (χ0v) is 10.5. The molecule has 0 radical (unpaired) electrons. The first-order valence-electron chi connectivity index (χ1n) is 5.04. The van der Waals surface area contributed by atoms with Gasteiger partial charge in [0.1, 0.15) is 0 Å². The number of nitrogens with one attached hydrogen (secondary N) is 1. The van der Waals surface area contributed by atoms with Crippen LogP contribution in [0.15, 0.2) is 29.2 Å². The van der Waals surface area contributed by atoms with Gasteiger partial charge in [-0.15, -0.1) is 0 Å². The molecule has 0 spiro atoms. The van der Waals surface area contributed by atoms with Crippen molar-refractivity contribution in [2.75, 3.05) is 0 Å². The summed E-state index contributed by atoms with van der Waals surface area (Å²) in [5.74, 6) is -1.83. The fourth-order valence-electron chi connectivity index (χ4n) is 1.35. The van der Waals surface area contributed by atoms with Gasteiger partial charge in [-0.25, -0.2) is 4.79 Å². The number of carbonyl (C=O) groups excluding carboxylic acids is 1. The lowest BCUT2D eigenvalue weighted by atomic mass is 10.1. The molecule has 19 heavy (non-hydrogen) atoms. The summed E-state index contributed by atoms with van der Waals surface area (Å²) >= 11 is -0.291. The Morgan fingerprint density at radius 1 is 1.26 bits per heavy atom. The quantitative estimate of drug-likeness (QED) is 0.837. The topological polar surface area (TPSA) is 66.4 Å². The predicted molar refractivity (Wildman–Crippen MR) is 62.5 cm³/mol. The molecule has 0 aliphatic heterocycles. The van der Waals surface area contributed by atoms with Crippen molar-refractivity contribution in [2.24, 2.45) is 0 Å². The fraction of sp³-hybridized carbons (Fsp3) is 0.273. The van der Waals surface area contributed by atoms with Crippen LogP contribution in [-0.4, -0.2) is 22.5 Å². The molecule has 0 aromatic heterocycles. The van der Waals surface area contributed by atoms with E-state index in [-0.39, 0.29) is 22.2 Å². The molecule has 8 heteroatoms. The third kappa shape index (κ3) is 5.21. The van der Waals surface area contributed by atoms with E-state index in [9.17, 15) is 22.8 Å². The zero-order chi connectivity index (χ0) is 14.6. The Morgan fingerprint density at radius 3 is 2.16 bits per heavy atom. The SMILES string of the molecule is CC(=O)NC(C(=O)O)c1ccc(SC(F)(F)F)cc1. The van der Waals surface area contributed by atoms with E-state index in [0.717, 1.165) is 19.1 Å². The lowest BCUT2D eigenvalue weighted by Crippen LogP contribution is -2.31. The molecule has 1 aromatic rings. The molecule has 0 aliphatic rings. The maximum absolute atomic E-state index is 12.1. The molecule has 0 heterocycles. The Kier molecular flexibility index (Phi) is 4.82. The summed E-state index contributed by atoms with van der Waals surface area (Å²) in [6.45, 7) is 1.16. The van der Waals surface area contributed by atoms with Gasteiger partial charge in [-0.3, -0.25) is 4.79 Å². The Morgan fingerprint density at radius 2 is 1.79 bits per heavy atom. The van der Waals surface area contributed by atoms with Crippen LogP contribution >= 0.6 is 11.8 Å². The highest BCUT2D eigenvalue weighted by molar-refractivity contribution is 8.00. The molecule has 1 unspecified atom stereocenters. The van der Waals surface area contributed by atoms with E-state index in [4.69, 9.17) is 5.11 Å². The van der Waals surface area contributed by atoms with Crippen molar-refractivity contribution in [3.63, 3.8) is 0 Å². The smallest absolute Gasteiger partial charge is 0.446 e. The van der Waals surface area contributed by atoms with E-state index in [0.29, 0.717) is 0 Å². The fourth-order valence-corrected chi connectivity index (χ4v) is 1.89. The highest BCUT2D eigenvalue weighted by Crippen LogP contribution is 2.37. The number of carboxylic acids is 1. The number of rotatable bonds is 4. The van der Waals surface area contributed by atoms with Crippen LogP contribution < -0.4 is 5.32 Å². The molecule has 104 valence electrons. The van der Waals surface area contributed by atoms with Gasteiger partial charge in [0, 0.05) is 11.8 Å². The third-order valence-corrected chi connectivity index (χ3v) is 2.78. The minimum absolute atomic E-state index is 0.0526. The van der Waals surface area contributed by atoms with Gasteiger partial charge in [0.15, 0.2) is 6.04 Å². The van der Waals surface area contributed by atoms with Crippen molar-refractivity contribution >= 4 is 23.6 Å². The maximum Gasteiger partial charge on any atom is 0.446 e. The molecule has 1 amide bonds. The molecule has 1 aromatic carbocycles. The summed E-state index contributed by atoms with van der Waals surface area (Å²) in [6, 6.07) is 3.52. The van der Waals surface area contributed by atoms with Crippen LogP contribution in [0.1, 0.15) is 18.5 Å². The predicted octanol–water partition coefficient (Wildman–Crippen LogP) is 2.56. The van der Waals surface area contributed by atoms with Crippen molar-refractivity contribution in [1.29, 1.82) is 0 Å². The van der Waals surface area contributed by atoms with Crippen LogP contribution in [0.3, 0.4) is 0 Å². The number of alkyl halides is 3. The van der Waals surface area contributed by atoms with E-state index in [1.807, 2.05) is 0 Å². The van der Waals surface area contributed by atoms with Crippen molar-refractivity contribution in [2.45, 2.75) is 23.4 Å². The van der Waals surface area contributed by atoms with Crippen molar-refractivity contribution in [3.8, 4) is 0 Å². The van der Waals surface area contributed by atoms with Gasteiger partial charge in [0.05, 0.1) is 0 Å². The summed E-state index contributed by atoms with van der Waals surface area (Å²) in [4.78, 5) is 21.8. The van der Waals surface area contributed by atoms with Gasteiger partial charge >= 0.3 is 11.5 Å².